The van der Waals surface area contributed by atoms with Gasteiger partial charge in [-0.1, -0.05) is 0 Å². The van der Waals surface area contributed by atoms with E-state index >= 15 is 0 Å². The molecule has 0 spiro atoms. The molecule has 0 unspecified atom stereocenters. The highest BCUT2D eigenvalue weighted by molar-refractivity contribution is 5.72. The number of hydrogen-bond acceptors (Lipinski definition) is 7. The first-order valence-electron chi connectivity index (χ1n) is 8.15. The molecule has 0 aromatic carbocycles. The minimum Gasteiger partial charge on any atom is -0.417 e. The van der Waals surface area contributed by atoms with Crippen molar-refractivity contribution in [1.82, 2.24) is 29.9 Å². The van der Waals surface area contributed by atoms with E-state index in [0.29, 0.717) is 29.5 Å². The second-order valence-electron chi connectivity index (χ2n) is 6.04. The molecule has 26 heavy (non-hydrogen) atoms. The number of fused-ring (bicyclic) bond motifs is 1. The minimum absolute atomic E-state index is 0.121. The summed E-state index contributed by atoms with van der Waals surface area (Å²) in [4.78, 5) is 8.87. The van der Waals surface area contributed by atoms with Crippen LogP contribution in [0.3, 0.4) is 0 Å². The summed E-state index contributed by atoms with van der Waals surface area (Å²) in [6.07, 6.45) is 4.18. The molecule has 0 saturated carbocycles. The average Bonchev–Trinajstić information content (AvgIpc) is 3.34. The summed E-state index contributed by atoms with van der Waals surface area (Å²) < 4.78 is 36.0. The van der Waals surface area contributed by atoms with Gasteiger partial charge in [0.05, 0.1) is 25.0 Å². The number of rotatable bonds is 6. The van der Waals surface area contributed by atoms with Crippen LogP contribution in [0.25, 0.3) is 11.2 Å². The topological polar surface area (TPSA) is 103 Å². The lowest BCUT2D eigenvalue weighted by Gasteiger charge is -2.18. The number of ether oxygens (including phenoxy) is 2. The third kappa shape index (κ3) is 3.29. The Hall–Kier alpha value is -2.82. The average molecular weight is 365 g/mol. The van der Waals surface area contributed by atoms with Crippen LogP contribution in [-0.4, -0.2) is 49.8 Å². The summed E-state index contributed by atoms with van der Waals surface area (Å²) in [5, 5.41) is 13.5. The number of aromatic amines is 1. The number of H-pyrrole nitrogens is 1. The number of hydrogen-bond donors (Lipinski definition) is 2. The van der Waals surface area contributed by atoms with E-state index in [2.05, 4.69) is 42.2 Å². The van der Waals surface area contributed by atoms with Gasteiger partial charge in [0.25, 0.3) is 0 Å². The first-order chi connectivity index (χ1) is 12.6. The van der Waals surface area contributed by atoms with Crippen LogP contribution in [0.1, 0.15) is 19.4 Å². The Balaban J connectivity index is 1.56. The summed E-state index contributed by atoms with van der Waals surface area (Å²) >= 11 is 0. The molecule has 9 nitrogen and oxygen atoms in total. The molecule has 4 rings (SSSR count). The predicted octanol–water partition coefficient (Wildman–Crippen LogP) is 2.49. The molecule has 11 heteroatoms. The summed E-state index contributed by atoms with van der Waals surface area (Å²) in [5.41, 5.74) is 1.30. The third-order valence-electron chi connectivity index (χ3n) is 4.36. The van der Waals surface area contributed by atoms with E-state index < -0.39 is 6.61 Å². The summed E-state index contributed by atoms with van der Waals surface area (Å²) in [7, 11) is 0. The monoisotopic (exact) mass is 365 g/mol. The maximum absolute atomic E-state index is 12.2. The molecule has 0 aliphatic carbocycles. The lowest BCUT2D eigenvalue weighted by Crippen LogP contribution is -2.18. The predicted molar refractivity (Wildman–Crippen MR) is 87.5 cm³/mol. The molecule has 1 saturated heterocycles. The van der Waals surface area contributed by atoms with Crippen LogP contribution < -0.4 is 10.1 Å². The number of nitrogens with one attached hydrogen (secondary N) is 2. The Labute approximate surface area is 146 Å². The van der Waals surface area contributed by atoms with Gasteiger partial charge in [0.1, 0.15) is 5.52 Å². The van der Waals surface area contributed by atoms with Gasteiger partial charge in [-0.05, 0) is 13.3 Å². The third-order valence-corrected chi connectivity index (χ3v) is 4.36. The Morgan fingerprint density at radius 1 is 1.38 bits per heavy atom. The van der Waals surface area contributed by atoms with Crippen LogP contribution in [0.4, 0.5) is 20.4 Å². The fraction of sp³-hybridized carbons (Fsp3) is 0.467. The van der Waals surface area contributed by atoms with Gasteiger partial charge in [-0.25, -0.2) is 19.7 Å². The van der Waals surface area contributed by atoms with Crippen LogP contribution in [-0.2, 0) is 4.74 Å². The zero-order valence-electron chi connectivity index (χ0n) is 13.9. The van der Waals surface area contributed by atoms with Gasteiger partial charge in [0.2, 0.25) is 5.88 Å². The van der Waals surface area contributed by atoms with E-state index in [4.69, 9.17) is 4.74 Å². The second kappa shape index (κ2) is 6.83. The Bertz CT molecular complexity index is 891. The number of nitrogens with zero attached hydrogens (tertiary/aromatic N) is 5. The minimum atomic E-state index is -2.92. The van der Waals surface area contributed by atoms with Gasteiger partial charge in [0.15, 0.2) is 17.3 Å². The van der Waals surface area contributed by atoms with E-state index in [-0.39, 0.29) is 17.7 Å². The number of anilines is 2. The van der Waals surface area contributed by atoms with Crippen LogP contribution in [0.15, 0.2) is 18.5 Å². The lowest BCUT2D eigenvalue weighted by molar-refractivity contribution is -0.0528. The van der Waals surface area contributed by atoms with E-state index in [1.165, 1.54) is 12.3 Å². The van der Waals surface area contributed by atoms with Crippen molar-refractivity contribution in [2.24, 2.45) is 5.92 Å². The molecule has 3 aromatic heterocycles. The summed E-state index contributed by atoms with van der Waals surface area (Å²) in [6, 6.07) is 1.43. The highest BCUT2D eigenvalue weighted by Gasteiger charge is 2.26. The van der Waals surface area contributed by atoms with E-state index in [1.54, 1.807) is 6.20 Å². The molecule has 1 aliphatic rings. The fourth-order valence-corrected chi connectivity index (χ4v) is 2.97. The number of alkyl halides is 2. The molecule has 2 N–H and O–H groups in total. The van der Waals surface area contributed by atoms with Gasteiger partial charge in [-0.2, -0.15) is 19.0 Å². The first-order valence-corrected chi connectivity index (χ1v) is 8.15. The Morgan fingerprint density at radius 3 is 3.04 bits per heavy atom. The highest BCUT2D eigenvalue weighted by atomic mass is 19.3. The fourth-order valence-electron chi connectivity index (χ4n) is 2.97. The summed E-state index contributed by atoms with van der Waals surface area (Å²) in [5.74, 6) is 0.940. The molecule has 1 fully saturated rings. The Kier molecular flexibility index (Phi) is 4.37. The van der Waals surface area contributed by atoms with Gasteiger partial charge in [-0.15, -0.1) is 0 Å². The Morgan fingerprint density at radius 2 is 2.27 bits per heavy atom. The standard InChI is InChI=1S/C15H17F2N7O2/c1-8(9-2-3-25-7-9)24-14-10(5-19-24)18-6-12(21-14)20-11-4-13(23-22-11)26-15(16)17/h4-6,8-9,15H,2-3,7H2,1H3,(H2,20,21,22,23)/t8-,9+/m0/s1. The summed E-state index contributed by atoms with van der Waals surface area (Å²) in [6.45, 7) is 0.618. The molecule has 4 heterocycles. The zero-order chi connectivity index (χ0) is 18.1. The maximum Gasteiger partial charge on any atom is 0.388 e. The van der Waals surface area contributed by atoms with Gasteiger partial charge < -0.3 is 14.8 Å². The van der Waals surface area contributed by atoms with Crippen molar-refractivity contribution < 1.29 is 18.3 Å². The lowest BCUT2D eigenvalue weighted by atomic mass is 10.0. The molecular formula is C15H17F2N7O2. The van der Waals surface area contributed by atoms with Crippen molar-refractivity contribution in [3.63, 3.8) is 0 Å². The van der Waals surface area contributed by atoms with E-state index in [1.807, 2.05) is 4.68 Å². The molecule has 0 radical (unpaired) electrons. The van der Waals surface area contributed by atoms with Crippen LogP contribution >= 0.6 is 0 Å². The maximum atomic E-state index is 12.2. The molecule has 0 bridgehead atoms. The number of halogens is 2. The molecule has 3 aromatic rings. The highest BCUT2D eigenvalue weighted by Crippen LogP contribution is 2.28. The van der Waals surface area contributed by atoms with Crippen molar-refractivity contribution >= 4 is 22.8 Å². The normalized spacial score (nSPS) is 18.5. The van der Waals surface area contributed by atoms with Gasteiger partial charge >= 0.3 is 6.61 Å². The molecule has 2 atom stereocenters. The molecular weight excluding hydrogens is 348 g/mol. The smallest absolute Gasteiger partial charge is 0.388 e. The molecule has 1 aliphatic heterocycles. The van der Waals surface area contributed by atoms with Crippen molar-refractivity contribution in [3.8, 4) is 5.88 Å². The first kappa shape index (κ1) is 16.6. The van der Waals surface area contributed by atoms with E-state index in [0.717, 1.165) is 13.0 Å². The van der Waals surface area contributed by atoms with Crippen molar-refractivity contribution in [1.29, 1.82) is 0 Å². The largest absolute Gasteiger partial charge is 0.417 e. The van der Waals surface area contributed by atoms with Gasteiger partial charge in [-0.3, -0.25) is 0 Å². The SMILES string of the molecule is C[C@@H]([C@@H]1CCOC1)n1ncc2ncc(Nc3cc(OC(F)F)[nH]n3)nc21. The number of aromatic nitrogens is 6. The second-order valence-corrected chi connectivity index (χ2v) is 6.04. The van der Waals surface area contributed by atoms with Crippen LogP contribution in [0.5, 0.6) is 5.88 Å². The van der Waals surface area contributed by atoms with Crippen molar-refractivity contribution in [2.75, 3.05) is 18.5 Å². The molecule has 0 amide bonds. The van der Waals surface area contributed by atoms with E-state index in [9.17, 15) is 8.78 Å². The van der Waals surface area contributed by atoms with Gasteiger partial charge in [0, 0.05) is 18.6 Å². The van der Waals surface area contributed by atoms with Crippen molar-refractivity contribution in [2.45, 2.75) is 26.0 Å². The zero-order valence-corrected chi connectivity index (χ0v) is 13.9. The quantitative estimate of drug-likeness (QED) is 0.692. The van der Waals surface area contributed by atoms with Crippen LogP contribution in [0, 0.1) is 5.92 Å². The van der Waals surface area contributed by atoms with Crippen LogP contribution in [0.2, 0.25) is 0 Å². The van der Waals surface area contributed by atoms with Crippen molar-refractivity contribution in [3.05, 3.63) is 18.5 Å². The molecule has 138 valence electrons.